The van der Waals surface area contributed by atoms with Crippen LogP contribution in [0, 0.1) is 11.8 Å². The lowest BCUT2D eigenvalue weighted by atomic mass is 10.0. The molecular formula is C17H27N2+. The molecule has 0 radical (unpaired) electrons. The molecule has 1 aromatic heterocycles. The zero-order valence-electron chi connectivity index (χ0n) is 13.1. The van der Waals surface area contributed by atoms with Gasteiger partial charge in [0.15, 0.2) is 0 Å². The van der Waals surface area contributed by atoms with Crippen LogP contribution in [-0.2, 0) is 14.1 Å². The van der Waals surface area contributed by atoms with Gasteiger partial charge in [0.1, 0.15) is 12.4 Å². The Kier molecular flexibility index (Phi) is 5.81. The molecule has 0 unspecified atom stereocenters. The van der Waals surface area contributed by atoms with E-state index in [1.807, 2.05) is 6.07 Å². The van der Waals surface area contributed by atoms with Gasteiger partial charge in [-0.25, -0.2) is 9.13 Å². The molecule has 2 rings (SSSR count). The number of hydrogen-bond acceptors (Lipinski definition) is 0. The standard InChI is InChI=1S/C11H13N2.C6H14/c1-12-8-9-13(2)11(12)10-6-4-3-5-7-10;1-5(2)6(3)4/h3-9H,1-2H3;5-6H,1-4H3/q+1;. The molecule has 2 heteroatoms. The first-order valence-corrected chi connectivity index (χ1v) is 6.99. The van der Waals surface area contributed by atoms with Crippen LogP contribution in [0.3, 0.4) is 0 Å². The number of aromatic nitrogens is 2. The minimum atomic E-state index is 0.852. The van der Waals surface area contributed by atoms with Gasteiger partial charge in [0.05, 0.1) is 19.7 Å². The molecule has 0 aliphatic rings. The summed E-state index contributed by atoms with van der Waals surface area (Å²) < 4.78 is 4.24. The maximum atomic E-state index is 2.24. The Balaban J connectivity index is 0.000000258. The Hall–Kier alpha value is -1.57. The molecule has 0 fully saturated rings. The van der Waals surface area contributed by atoms with Crippen molar-refractivity contribution in [2.24, 2.45) is 25.9 Å². The first-order chi connectivity index (χ1) is 8.93. The topological polar surface area (TPSA) is 8.81 Å². The zero-order chi connectivity index (χ0) is 14.4. The van der Waals surface area contributed by atoms with E-state index in [0.29, 0.717) is 0 Å². The third-order valence-corrected chi connectivity index (χ3v) is 3.55. The maximum Gasteiger partial charge on any atom is 0.288 e. The number of benzene rings is 1. The fraction of sp³-hybridized carbons (Fsp3) is 0.471. The van der Waals surface area contributed by atoms with Gasteiger partial charge >= 0.3 is 0 Å². The molecule has 0 N–H and O–H groups in total. The minimum Gasteiger partial charge on any atom is -0.233 e. The Labute approximate surface area is 117 Å². The van der Waals surface area contributed by atoms with Gasteiger partial charge < -0.3 is 0 Å². The summed E-state index contributed by atoms with van der Waals surface area (Å²) in [5, 5.41) is 0. The summed E-state index contributed by atoms with van der Waals surface area (Å²) in [6.45, 7) is 8.96. The Bertz CT molecular complexity index is 456. The predicted molar refractivity (Wildman–Crippen MR) is 81.7 cm³/mol. The second kappa shape index (κ2) is 7.13. The summed E-state index contributed by atoms with van der Waals surface area (Å²) in [5.41, 5.74) is 1.25. The van der Waals surface area contributed by atoms with Crippen LogP contribution in [-0.4, -0.2) is 4.57 Å². The highest BCUT2D eigenvalue weighted by Gasteiger charge is 2.12. The Morgan fingerprint density at radius 3 is 1.84 bits per heavy atom. The fourth-order valence-corrected chi connectivity index (χ4v) is 1.58. The van der Waals surface area contributed by atoms with Gasteiger partial charge in [-0.1, -0.05) is 45.9 Å². The molecule has 0 bridgehead atoms. The Morgan fingerprint density at radius 2 is 1.47 bits per heavy atom. The molecule has 0 aliphatic heterocycles. The van der Waals surface area contributed by atoms with Gasteiger partial charge in [0.25, 0.3) is 5.82 Å². The van der Waals surface area contributed by atoms with Crippen molar-refractivity contribution >= 4 is 0 Å². The van der Waals surface area contributed by atoms with Crippen molar-refractivity contribution in [2.75, 3.05) is 0 Å². The van der Waals surface area contributed by atoms with Crippen molar-refractivity contribution < 1.29 is 4.57 Å². The van der Waals surface area contributed by atoms with Gasteiger partial charge in [-0.15, -0.1) is 0 Å². The third kappa shape index (κ3) is 4.55. The quantitative estimate of drug-likeness (QED) is 0.725. The van der Waals surface area contributed by atoms with Crippen molar-refractivity contribution in [3.63, 3.8) is 0 Å². The molecular weight excluding hydrogens is 232 g/mol. The molecule has 0 aliphatic carbocycles. The normalized spacial score (nSPS) is 10.5. The molecule has 0 saturated carbocycles. The first-order valence-electron chi connectivity index (χ1n) is 6.99. The predicted octanol–water partition coefficient (Wildman–Crippen LogP) is 3.82. The minimum absolute atomic E-state index is 0.852. The summed E-state index contributed by atoms with van der Waals surface area (Å²) in [6.07, 6.45) is 4.12. The van der Waals surface area contributed by atoms with Gasteiger partial charge in [0.2, 0.25) is 0 Å². The lowest BCUT2D eigenvalue weighted by Gasteiger charge is -2.05. The van der Waals surface area contributed by atoms with Crippen molar-refractivity contribution in [3.8, 4) is 11.4 Å². The summed E-state index contributed by atoms with van der Waals surface area (Å²) in [4.78, 5) is 0. The van der Waals surface area contributed by atoms with E-state index < -0.39 is 0 Å². The van der Waals surface area contributed by atoms with Crippen LogP contribution in [0.5, 0.6) is 0 Å². The van der Waals surface area contributed by atoms with E-state index in [1.165, 1.54) is 11.4 Å². The molecule has 1 aromatic carbocycles. The van der Waals surface area contributed by atoms with Crippen LogP contribution in [0.15, 0.2) is 42.7 Å². The summed E-state index contributed by atoms with van der Waals surface area (Å²) >= 11 is 0. The van der Waals surface area contributed by atoms with Crippen LogP contribution in [0.25, 0.3) is 11.4 Å². The summed E-state index contributed by atoms with van der Waals surface area (Å²) in [5.74, 6) is 2.93. The molecule has 2 nitrogen and oxygen atoms in total. The number of aryl methyl sites for hydroxylation is 2. The van der Waals surface area contributed by atoms with Gasteiger partial charge in [0, 0.05) is 0 Å². The van der Waals surface area contributed by atoms with E-state index in [9.17, 15) is 0 Å². The monoisotopic (exact) mass is 259 g/mol. The van der Waals surface area contributed by atoms with E-state index in [1.54, 1.807) is 0 Å². The van der Waals surface area contributed by atoms with E-state index in [-0.39, 0.29) is 0 Å². The molecule has 0 spiro atoms. The third-order valence-electron chi connectivity index (χ3n) is 3.55. The van der Waals surface area contributed by atoms with Crippen LogP contribution in [0.2, 0.25) is 0 Å². The second-order valence-electron chi connectivity index (χ2n) is 5.70. The lowest BCUT2D eigenvalue weighted by molar-refractivity contribution is -0.659. The van der Waals surface area contributed by atoms with Gasteiger partial charge in [-0.2, -0.15) is 0 Å². The fourth-order valence-electron chi connectivity index (χ4n) is 1.58. The summed E-state index contributed by atoms with van der Waals surface area (Å²) in [7, 11) is 4.12. The lowest BCUT2D eigenvalue weighted by Crippen LogP contribution is -2.28. The SMILES string of the molecule is CC(C)C(C)C.Cn1cc[n+](C)c1-c1ccccc1. The molecule has 0 atom stereocenters. The number of imidazole rings is 1. The van der Waals surface area contributed by atoms with Gasteiger partial charge in [-0.3, -0.25) is 0 Å². The average Bonchev–Trinajstić information content (AvgIpc) is 2.71. The molecule has 0 saturated heterocycles. The number of hydrogen-bond donors (Lipinski definition) is 0. The van der Waals surface area contributed by atoms with E-state index in [0.717, 1.165) is 11.8 Å². The largest absolute Gasteiger partial charge is 0.288 e. The highest BCUT2D eigenvalue weighted by Crippen LogP contribution is 2.13. The zero-order valence-corrected chi connectivity index (χ0v) is 13.1. The van der Waals surface area contributed by atoms with Crippen LogP contribution < -0.4 is 4.57 Å². The smallest absolute Gasteiger partial charge is 0.233 e. The van der Waals surface area contributed by atoms with E-state index in [2.05, 4.69) is 87.6 Å². The van der Waals surface area contributed by atoms with Crippen molar-refractivity contribution in [3.05, 3.63) is 42.7 Å². The maximum absolute atomic E-state index is 2.24. The van der Waals surface area contributed by atoms with Crippen LogP contribution >= 0.6 is 0 Å². The van der Waals surface area contributed by atoms with Gasteiger partial charge in [-0.05, 0) is 24.0 Å². The van der Waals surface area contributed by atoms with Crippen LogP contribution in [0.4, 0.5) is 0 Å². The van der Waals surface area contributed by atoms with E-state index in [4.69, 9.17) is 0 Å². The molecule has 104 valence electrons. The van der Waals surface area contributed by atoms with Crippen molar-refractivity contribution in [2.45, 2.75) is 27.7 Å². The second-order valence-corrected chi connectivity index (χ2v) is 5.70. The van der Waals surface area contributed by atoms with Crippen molar-refractivity contribution in [1.82, 2.24) is 4.57 Å². The molecule has 1 heterocycles. The molecule has 2 aromatic rings. The molecule has 19 heavy (non-hydrogen) atoms. The Morgan fingerprint density at radius 1 is 0.947 bits per heavy atom. The van der Waals surface area contributed by atoms with E-state index >= 15 is 0 Å². The first kappa shape index (κ1) is 15.5. The highest BCUT2D eigenvalue weighted by molar-refractivity contribution is 5.51. The van der Waals surface area contributed by atoms with Crippen molar-refractivity contribution in [1.29, 1.82) is 0 Å². The number of nitrogens with zero attached hydrogens (tertiary/aromatic N) is 2. The average molecular weight is 259 g/mol. The number of rotatable bonds is 2. The summed E-state index contributed by atoms with van der Waals surface area (Å²) in [6, 6.07) is 10.4. The van der Waals surface area contributed by atoms with Crippen LogP contribution in [0.1, 0.15) is 27.7 Å². The molecule has 0 amide bonds. The highest BCUT2D eigenvalue weighted by atomic mass is 15.1.